The molecule has 0 aliphatic rings. The maximum absolute atomic E-state index is 5.45. The highest BCUT2D eigenvalue weighted by molar-refractivity contribution is 7.99. The molecule has 1 aromatic rings. The molecule has 0 amide bonds. The molecule has 0 atom stereocenters. The summed E-state index contributed by atoms with van der Waals surface area (Å²) in [4.78, 5) is 4.11. The molecule has 3 heteroatoms. The minimum absolute atomic E-state index is 0.723. The predicted octanol–water partition coefficient (Wildman–Crippen LogP) is 1.78. The zero-order chi connectivity index (χ0) is 7.40. The maximum atomic E-state index is 5.45. The van der Waals surface area contributed by atoms with Gasteiger partial charge in [-0.2, -0.15) is 0 Å². The van der Waals surface area contributed by atoms with E-state index in [-0.39, 0.29) is 0 Å². The van der Waals surface area contributed by atoms with Crippen molar-refractivity contribution in [3.63, 3.8) is 0 Å². The smallest absolute Gasteiger partial charge is 0.0961 e. The molecule has 0 saturated heterocycles. The van der Waals surface area contributed by atoms with Gasteiger partial charge in [-0.05, 0) is 17.9 Å². The summed E-state index contributed by atoms with van der Waals surface area (Å²) in [5, 5.41) is 1.04. The molecule has 0 aliphatic carbocycles. The zero-order valence-electron chi connectivity index (χ0n) is 5.87. The van der Waals surface area contributed by atoms with Crippen LogP contribution in [-0.2, 0) is 0 Å². The lowest BCUT2D eigenvalue weighted by molar-refractivity contribution is 1.14. The van der Waals surface area contributed by atoms with Crippen LogP contribution in [-0.4, -0.2) is 10.7 Å². The molecule has 1 heterocycles. The zero-order valence-corrected chi connectivity index (χ0v) is 6.69. The number of hydrogen-bond donors (Lipinski definition) is 1. The van der Waals surface area contributed by atoms with Gasteiger partial charge in [0.15, 0.2) is 0 Å². The summed E-state index contributed by atoms with van der Waals surface area (Å²) in [5.41, 5.74) is 6.17. The fourth-order valence-corrected chi connectivity index (χ4v) is 1.21. The number of anilines is 1. The molecule has 1 rings (SSSR count). The van der Waals surface area contributed by atoms with Crippen molar-refractivity contribution < 1.29 is 0 Å². The number of thioether (sulfide) groups is 1. The van der Waals surface area contributed by atoms with E-state index in [1.54, 1.807) is 18.0 Å². The number of rotatable bonds is 2. The summed E-state index contributed by atoms with van der Waals surface area (Å²) in [6.07, 6.45) is 1.68. The Balaban J connectivity index is 2.69. The SMILES string of the molecule is CCSc1ccc(N)cn1. The van der Waals surface area contributed by atoms with Gasteiger partial charge in [-0.25, -0.2) is 4.98 Å². The number of nitrogens with zero attached hydrogens (tertiary/aromatic N) is 1. The molecule has 1 aromatic heterocycles. The summed E-state index contributed by atoms with van der Waals surface area (Å²) in [6.45, 7) is 2.10. The van der Waals surface area contributed by atoms with Crippen LogP contribution >= 0.6 is 11.8 Å². The number of nitrogens with two attached hydrogens (primary N) is 1. The Bertz CT molecular complexity index is 195. The van der Waals surface area contributed by atoms with Gasteiger partial charge in [-0.3, -0.25) is 0 Å². The van der Waals surface area contributed by atoms with Crippen LogP contribution in [0.1, 0.15) is 6.92 Å². The Morgan fingerprint density at radius 2 is 2.40 bits per heavy atom. The summed E-state index contributed by atoms with van der Waals surface area (Å²) < 4.78 is 0. The number of nitrogen functional groups attached to an aromatic ring is 1. The highest BCUT2D eigenvalue weighted by Crippen LogP contribution is 2.14. The normalized spacial score (nSPS) is 9.70. The maximum Gasteiger partial charge on any atom is 0.0961 e. The summed E-state index contributed by atoms with van der Waals surface area (Å²) >= 11 is 1.72. The van der Waals surface area contributed by atoms with Crippen molar-refractivity contribution in [2.45, 2.75) is 11.9 Å². The van der Waals surface area contributed by atoms with Gasteiger partial charge in [0, 0.05) is 0 Å². The van der Waals surface area contributed by atoms with Crippen molar-refractivity contribution in [1.29, 1.82) is 0 Å². The lowest BCUT2D eigenvalue weighted by atomic mass is 10.4. The fourth-order valence-electron chi connectivity index (χ4n) is 0.625. The second-order valence-electron chi connectivity index (χ2n) is 1.86. The monoisotopic (exact) mass is 154 g/mol. The lowest BCUT2D eigenvalue weighted by Gasteiger charge is -1.95. The standard InChI is InChI=1S/C7H10N2S/c1-2-10-7-4-3-6(8)5-9-7/h3-5H,2,8H2,1H3. The Kier molecular flexibility index (Phi) is 2.57. The fraction of sp³-hybridized carbons (Fsp3) is 0.286. The van der Waals surface area contributed by atoms with Gasteiger partial charge in [0.1, 0.15) is 0 Å². The summed E-state index contributed by atoms with van der Waals surface area (Å²) in [5.74, 6) is 1.05. The minimum atomic E-state index is 0.723. The van der Waals surface area contributed by atoms with Crippen LogP contribution in [0.15, 0.2) is 23.4 Å². The first-order valence-electron chi connectivity index (χ1n) is 3.17. The van der Waals surface area contributed by atoms with E-state index in [1.165, 1.54) is 0 Å². The van der Waals surface area contributed by atoms with Gasteiger partial charge in [0.05, 0.1) is 16.9 Å². The Morgan fingerprint density at radius 3 is 2.90 bits per heavy atom. The molecular weight excluding hydrogens is 144 g/mol. The van der Waals surface area contributed by atoms with Gasteiger partial charge >= 0.3 is 0 Å². The van der Waals surface area contributed by atoms with Crippen LogP contribution in [0.5, 0.6) is 0 Å². The first kappa shape index (κ1) is 7.41. The molecule has 0 radical (unpaired) electrons. The number of hydrogen-bond acceptors (Lipinski definition) is 3. The Labute approximate surface area is 64.8 Å². The van der Waals surface area contributed by atoms with Gasteiger partial charge in [0.2, 0.25) is 0 Å². The van der Waals surface area contributed by atoms with E-state index < -0.39 is 0 Å². The summed E-state index contributed by atoms with van der Waals surface area (Å²) in [7, 11) is 0. The van der Waals surface area contributed by atoms with E-state index in [9.17, 15) is 0 Å². The van der Waals surface area contributed by atoms with Crippen molar-refractivity contribution in [2.24, 2.45) is 0 Å². The highest BCUT2D eigenvalue weighted by atomic mass is 32.2. The van der Waals surface area contributed by atoms with Gasteiger partial charge in [-0.15, -0.1) is 11.8 Å². The van der Waals surface area contributed by atoms with E-state index >= 15 is 0 Å². The molecule has 0 spiro atoms. The molecule has 54 valence electrons. The molecular formula is C7H10N2S. The third-order valence-electron chi connectivity index (χ3n) is 1.05. The molecule has 0 aliphatic heterocycles. The van der Waals surface area contributed by atoms with E-state index in [0.29, 0.717) is 0 Å². The molecule has 0 fully saturated rings. The van der Waals surface area contributed by atoms with Crippen LogP contribution < -0.4 is 5.73 Å². The van der Waals surface area contributed by atoms with Gasteiger partial charge in [0.25, 0.3) is 0 Å². The van der Waals surface area contributed by atoms with E-state index in [4.69, 9.17) is 5.73 Å². The Hall–Kier alpha value is -0.700. The van der Waals surface area contributed by atoms with E-state index in [2.05, 4.69) is 11.9 Å². The molecule has 0 unspecified atom stereocenters. The van der Waals surface area contributed by atoms with Crippen LogP contribution in [0.3, 0.4) is 0 Å². The highest BCUT2D eigenvalue weighted by Gasteiger charge is 1.90. The summed E-state index contributed by atoms with van der Waals surface area (Å²) in [6, 6.07) is 3.80. The molecule has 2 N–H and O–H groups in total. The van der Waals surface area contributed by atoms with Crippen molar-refractivity contribution in [1.82, 2.24) is 4.98 Å². The van der Waals surface area contributed by atoms with Gasteiger partial charge < -0.3 is 5.73 Å². The first-order chi connectivity index (χ1) is 4.83. The quantitative estimate of drug-likeness (QED) is 0.660. The van der Waals surface area contributed by atoms with Crippen molar-refractivity contribution in [3.05, 3.63) is 18.3 Å². The molecule has 0 saturated carbocycles. The lowest BCUT2D eigenvalue weighted by Crippen LogP contribution is -1.86. The van der Waals surface area contributed by atoms with Crippen LogP contribution in [0.4, 0.5) is 5.69 Å². The molecule has 0 bridgehead atoms. The molecule has 10 heavy (non-hydrogen) atoms. The predicted molar refractivity (Wildman–Crippen MR) is 45.0 cm³/mol. The third-order valence-corrected chi connectivity index (χ3v) is 1.88. The minimum Gasteiger partial charge on any atom is -0.397 e. The second-order valence-corrected chi connectivity index (χ2v) is 3.15. The number of pyridine rings is 1. The molecule has 0 aromatic carbocycles. The topological polar surface area (TPSA) is 38.9 Å². The van der Waals surface area contributed by atoms with Crippen LogP contribution in [0, 0.1) is 0 Å². The van der Waals surface area contributed by atoms with E-state index in [0.717, 1.165) is 16.5 Å². The van der Waals surface area contributed by atoms with Crippen LogP contribution in [0.25, 0.3) is 0 Å². The van der Waals surface area contributed by atoms with Crippen molar-refractivity contribution in [2.75, 3.05) is 11.5 Å². The first-order valence-corrected chi connectivity index (χ1v) is 4.16. The molecule has 2 nitrogen and oxygen atoms in total. The van der Waals surface area contributed by atoms with Crippen molar-refractivity contribution >= 4 is 17.4 Å². The van der Waals surface area contributed by atoms with Crippen LogP contribution in [0.2, 0.25) is 0 Å². The largest absolute Gasteiger partial charge is 0.397 e. The van der Waals surface area contributed by atoms with Gasteiger partial charge in [-0.1, -0.05) is 6.92 Å². The average molecular weight is 154 g/mol. The number of aromatic nitrogens is 1. The second kappa shape index (κ2) is 3.46. The van der Waals surface area contributed by atoms with E-state index in [1.807, 2.05) is 12.1 Å². The van der Waals surface area contributed by atoms with Crippen molar-refractivity contribution in [3.8, 4) is 0 Å². The average Bonchev–Trinajstić information content (AvgIpc) is 1.95. The Morgan fingerprint density at radius 1 is 1.60 bits per heavy atom. The third kappa shape index (κ3) is 1.92.